The van der Waals surface area contributed by atoms with Crippen molar-refractivity contribution in [3.8, 4) is 0 Å². The molecule has 0 aliphatic rings. The van der Waals surface area contributed by atoms with Gasteiger partial charge in [-0.1, -0.05) is 5.16 Å². The highest BCUT2D eigenvalue weighted by Crippen LogP contribution is 2.18. The van der Waals surface area contributed by atoms with Gasteiger partial charge >= 0.3 is 0 Å². The van der Waals surface area contributed by atoms with Crippen LogP contribution >= 0.6 is 23.5 Å². The van der Waals surface area contributed by atoms with E-state index in [4.69, 9.17) is 4.52 Å². The monoisotopic (exact) mass is 365 g/mol. The summed E-state index contributed by atoms with van der Waals surface area (Å²) in [4.78, 5) is 25.1. The molecular formula is C16H19N3O3S2. The molecule has 1 atom stereocenters. The van der Waals surface area contributed by atoms with E-state index in [0.29, 0.717) is 11.6 Å². The summed E-state index contributed by atoms with van der Waals surface area (Å²) in [5.74, 6) is 0.830. The fourth-order valence-electron chi connectivity index (χ4n) is 1.80. The summed E-state index contributed by atoms with van der Waals surface area (Å²) in [5.41, 5.74) is 0.744. The van der Waals surface area contributed by atoms with Crippen LogP contribution in [0.25, 0.3) is 0 Å². The predicted octanol–water partition coefficient (Wildman–Crippen LogP) is 3.40. The maximum Gasteiger partial charge on any atom is 0.238 e. The first-order valence-electron chi connectivity index (χ1n) is 7.27. The van der Waals surface area contributed by atoms with E-state index in [2.05, 4.69) is 15.8 Å². The number of carbonyl (C=O) groups excluding carboxylic acids is 2. The molecule has 0 spiro atoms. The first kappa shape index (κ1) is 18.4. The Morgan fingerprint density at radius 2 is 1.96 bits per heavy atom. The molecule has 6 nitrogen and oxygen atoms in total. The van der Waals surface area contributed by atoms with E-state index >= 15 is 0 Å². The molecule has 0 fully saturated rings. The first-order valence-corrected chi connectivity index (χ1v) is 9.55. The minimum atomic E-state index is -0.383. The lowest BCUT2D eigenvalue weighted by atomic mass is 10.3. The van der Waals surface area contributed by atoms with Gasteiger partial charge in [-0.3, -0.25) is 9.59 Å². The summed E-state index contributed by atoms with van der Waals surface area (Å²) in [6.45, 7) is 3.49. The Bertz CT molecular complexity index is 701. The number of rotatable bonds is 7. The fraction of sp³-hybridized carbons (Fsp3) is 0.312. The summed E-state index contributed by atoms with van der Waals surface area (Å²) < 4.78 is 4.89. The van der Waals surface area contributed by atoms with Gasteiger partial charge in [0, 0.05) is 16.6 Å². The van der Waals surface area contributed by atoms with Crippen molar-refractivity contribution in [3.05, 3.63) is 36.1 Å². The minimum absolute atomic E-state index is 0.145. The van der Waals surface area contributed by atoms with Crippen LogP contribution in [-0.4, -0.2) is 34.2 Å². The molecule has 0 saturated heterocycles. The number of carbonyl (C=O) groups is 2. The number of amides is 2. The summed E-state index contributed by atoms with van der Waals surface area (Å²) in [5, 5.41) is 8.79. The second-order valence-electron chi connectivity index (χ2n) is 5.04. The average Bonchev–Trinajstić information content (AvgIpc) is 2.98. The molecule has 0 aliphatic carbocycles. The summed E-state index contributed by atoms with van der Waals surface area (Å²) in [7, 11) is 0. The number of nitrogens with zero attached hydrogens (tertiary/aromatic N) is 1. The Morgan fingerprint density at radius 3 is 2.54 bits per heavy atom. The van der Waals surface area contributed by atoms with Crippen molar-refractivity contribution in [2.45, 2.75) is 24.0 Å². The van der Waals surface area contributed by atoms with Crippen molar-refractivity contribution in [1.29, 1.82) is 0 Å². The topological polar surface area (TPSA) is 84.2 Å². The number of hydrogen-bond donors (Lipinski definition) is 2. The molecule has 1 aromatic heterocycles. The predicted molar refractivity (Wildman–Crippen MR) is 98.6 cm³/mol. The van der Waals surface area contributed by atoms with Crippen LogP contribution in [0.4, 0.5) is 11.5 Å². The van der Waals surface area contributed by atoms with Crippen molar-refractivity contribution >= 4 is 46.8 Å². The van der Waals surface area contributed by atoms with Crippen molar-refractivity contribution in [1.82, 2.24) is 5.16 Å². The van der Waals surface area contributed by atoms with Gasteiger partial charge in [0.1, 0.15) is 5.76 Å². The van der Waals surface area contributed by atoms with Gasteiger partial charge in [0.2, 0.25) is 11.8 Å². The average molecular weight is 365 g/mol. The van der Waals surface area contributed by atoms with Gasteiger partial charge in [0.15, 0.2) is 5.82 Å². The molecule has 24 heavy (non-hydrogen) atoms. The number of anilines is 2. The van der Waals surface area contributed by atoms with Gasteiger partial charge in [0.05, 0.1) is 11.0 Å². The first-order chi connectivity index (χ1) is 11.5. The van der Waals surface area contributed by atoms with Crippen molar-refractivity contribution in [3.63, 3.8) is 0 Å². The molecule has 1 aromatic carbocycles. The summed E-state index contributed by atoms with van der Waals surface area (Å²) >= 11 is 2.90. The van der Waals surface area contributed by atoms with Gasteiger partial charge in [-0.2, -0.15) is 0 Å². The zero-order valence-electron chi connectivity index (χ0n) is 13.7. The zero-order chi connectivity index (χ0) is 17.5. The minimum Gasteiger partial charge on any atom is -0.360 e. The van der Waals surface area contributed by atoms with Crippen LogP contribution in [0.15, 0.2) is 39.8 Å². The molecule has 2 N–H and O–H groups in total. The van der Waals surface area contributed by atoms with Gasteiger partial charge in [-0.25, -0.2) is 0 Å². The quantitative estimate of drug-likeness (QED) is 0.732. The third kappa shape index (κ3) is 5.61. The highest BCUT2D eigenvalue weighted by Gasteiger charge is 2.16. The number of aromatic nitrogens is 1. The van der Waals surface area contributed by atoms with Crippen molar-refractivity contribution in [2.75, 3.05) is 22.6 Å². The zero-order valence-corrected chi connectivity index (χ0v) is 15.3. The van der Waals surface area contributed by atoms with Crippen molar-refractivity contribution < 1.29 is 14.1 Å². The largest absolute Gasteiger partial charge is 0.360 e. The Labute approximate surface area is 149 Å². The molecule has 2 amide bonds. The summed E-state index contributed by atoms with van der Waals surface area (Å²) in [6, 6.07) is 9.25. The third-order valence-electron chi connectivity index (χ3n) is 3.09. The number of nitrogens with one attached hydrogen (secondary N) is 2. The molecule has 8 heteroatoms. The van der Waals surface area contributed by atoms with E-state index in [0.717, 1.165) is 10.6 Å². The second-order valence-corrected chi connectivity index (χ2v) is 7.25. The van der Waals surface area contributed by atoms with Gasteiger partial charge in [-0.05, 0) is 44.4 Å². The lowest BCUT2D eigenvalue weighted by Crippen LogP contribution is -2.25. The van der Waals surface area contributed by atoms with Gasteiger partial charge in [0.25, 0.3) is 0 Å². The lowest BCUT2D eigenvalue weighted by Gasteiger charge is -2.10. The Balaban J connectivity index is 1.76. The maximum atomic E-state index is 12.0. The molecule has 0 radical (unpaired) electrons. The van der Waals surface area contributed by atoms with Crippen LogP contribution < -0.4 is 10.6 Å². The Morgan fingerprint density at radius 1 is 1.25 bits per heavy atom. The molecule has 0 bridgehead atoms. The Hall–Kier alpha value is -1.93. The van der Waals surface area contributed by atoms with E-state index in [9.17, 15) is 9.59 Å². The summed E-state index contributed by atoms with van der Waals surface area (Å²) in [6.07, 6.45) is 2.00. The third-order valence-corrected chi connectivity index (χ3v) is 4.97. The van der Waals surface area contributed by atoms with Crippen LogP contribution in [0.3, 0.4) is 0 Å². The molecule has 0 saturated carbocycles. The highest BCUT2D eigenvalue weighted by molar-refractivity contribution is 8.01. The standard InChI is InChI=1S/C16H19N3O3S2/c1-10-8-14(19-22-10)18-16(21)11(2)24-9-15(20)17-12-4-6-13(23-3)7-5-12/h4-8,11H,9H2,1-3H3,(H,17,20)(H,18,19,21). The number of hydrogen-bond acceptors (Lipinski definition) is 6. The van der Waals surface area contributed by atoms with E-state index in [1.54, 1.807) is 31.7 Å². The Kier molecular flexibility index (Phi) is 6.74. The maximum absolute atomic E-state index is 12.0. The number of thioether (sulfide) groups is 2. The SMILES string of the molecule is CSc1ccc(NC(=O)CSC(C)C(=O)Nc2cc(C)on2)cc1. The fourth-order valence-corrected chi connectivity index (χ4v) is 2.89. The molecule has 1 heterocycles. The highest BCUT2D eigenvalue weighted by atomic mass is 32.2. The van der Waals surface area contributed by atoms with Gasteiger partial charge in [-0.15, -0.1) is 23.5 Å². The van der Waals surface area contributed by atoms with Gasteiger partial charge < -0.3 is 15.2 Å². The lowest BCUT2D eigenvalue weighted by molar-refractivity contribution is -0.115. The van der Waals surface area contributed by atoms with Crippen molar-refractivity contribution in [2.24, 2.45) is 0 Å². The van der Waals surface area contributed by atoms with E-state index in [-0.39, 0.29) is 22.8 Å². The van der Waals surface area contributed by atoms with Crippen LogP contribution in [0.5, 0.6) is 0 Å². The van der Waals surface area contributed by atoms with Crippen LogP contribution in [0, 0.1) is 6.92 Å². The normalized spacial score (nSPS) is 11.8. The second kappa shape index (κ2) is 8.79. The molecule has 0 aliphatic heterocycles. The van der Waals surface area contributed by atoms with E-state index < -0.39 is 0 Å². The molecular weight excluding hydrogens is 346 g/mol. The molecule has 1 unspecified atom stereocenters. The van der Waals surface area contributed by atoms with Crippen LogP contribution in [-0.2, 0) is 9.59 Å². The molecule has 2 aromatic rings. The van der Waals surface area contributed by atoms with E-state index in [1.807, 2.05) is 30.5 Å². The number of benzene rings is 1. The molecule has 128 valence electrons. The molecule has 2 rings (SSSR count). The number of aryl methyl sites for hydroxylation is 1. The van der Waals surface area contributed by atoms with E-state index in [1.165, 1.54) is 11.8 Å². The van der Waals surface area contributed by atoms with Crippen LogP contribution in [0.2, 0.25) is 0 Å². The van der Waals surface area contributed by atoms with Crippen LogP contribution in [0.1, 0.15) is 12.7 Å². The smallest absolute Gasteiger partial charge is 0.238 e.